The minimum absolute atomic E-state index is 0.195. The Labute approximate surface area is 141 Å². The zero-order chi connectivity index (χ0) is 18.6. The summed E-state index contributed by atoms with van der Waals surface area (Å²) in [5, 5.41) is 2.45. The first-order chi connectivity index (χ1) is 11.7. The SMILES string of the molecule is C[C@@H](OC(=O)/C=C/c1ccc(C(F)(F)F)cc1)C(=O)N1CCNC1=O. The monoisotopic (exact) mass is 356 g/mol. The summed E-state index contributed by atoms with van der Waals surface area (Å²) in [4.78, 5) is 36.0. The second-order valence-corrected chi connectivity index (χ2v) is 5.25. The van der Waals surface area contributed by atoms with Crippen molar-refractivity contribution in [3.63, 3.8) is 0 Å². The summed E-state index contributed by atoms with van der Waals surface area (Å²) in [5.74, 6) is -1.49. The summed E-state index contributed by atoms with van der Waals surface area (Å²) < 4.78 is 42.3. The first-order valence-electron chi connectivity index (χ1n) is 7.33. The number of nitrogens with one attached hydrogen (secondary N) is 1. The fourth-order valence-electron chi connectivity index (χ4n) is 2.11. The Balaban J connectivity index is 1.91. The molecular weight excluding hydrogens is 341 g/mol. The maximum absolute atomic E-state index is 12.5. The normalized spacial score (nSPS) is 16.0. The molecule has 0 aromatic heterocycles. The minimum Gasteiger partial charge on any atom is -0.449 e. The number of hydrogen-bond acceptors (Lipinski definition) is 4. The summed E-state index contributed by atoms with van der Waals surface area (Å²) >= 11 is 0. The van der Waals surface area contributed by atoms with Crippen molar-refractivity contribution in [2.24, 2.45) is 0 Å². The molecule has 0 bridgehead atoms. The van der Waals surface area contributed by atoms with Crippen molar-refractivity contribution in [3.05, 3.63) is 41.5 Å². The number of imide groups is 1. The largest absolute Gasteiger partial charge is 0.449 e. The summed E-state index contributed by atoms with van der Waals surface area (Å²) in [6.07, 6.45) is -3.33. The highest BCUT2D eigenvalue weighted by Gasteiger charge is 2.31. The van der Waals surface area contributed by atoms with E-state index >= 15 is 0 Å². The van der Waals surface area contributed by atoms with E-state index in [1.807, 2.05) is 0 Å². The number of nitrogens with zero attached hydrogens (tertiary/aromatic N) is 1. The molecular formula is C16H15F3N2O4. The molecule has 6 nitrogen and oxygen atoms in total. The Bertz CT molecular complexity index is 698. The molecule has 1 fully saturated rings. The van der Waals surface area contributed by atoms with Gasteiger partial charge in [-0.1, -0.05) is 12.1 Å². The van der Waals surface area contributed by atoms with Crippen molar-refractivity contribution in [2.45, 2.75) is 19.2 Å². The van der Waals surface area contributed by atoms with Gasteiger partial charge < -0.3 is 10.1 Å². The lowest BCUT2D eigenvalue weighted by Crippen LogP contribution is -2.41. The Morgan fingerprint density at radius 1 is 1.28 bits per heavy atom. The van der Waals surface area contributed by atoms with E-state index in [1.165, 1.54) is 25.1 Å². The van der Waals surface area contributed by atoms with Crippen LogP contribution in [0.4, 0.5) is 18.0 Å². The molecule has 134 valence electrons. The van der Waals surface area contributed by atoms with Gasteiger partial charge in [0.05, 0.1) is 5.56 Å². The quantitative estimate of drug-likeness (QED) is 0.663. The van der Waals surface area contributed by atoms with Crippen LogP contribution in [0.25, 0.3) is 6.08 Å². The van der Waals surface area contributed by atoms with Crippen molar-refractivity contribution in [1.29, 1.82) is 0 Å². The number of urea groups is 1. The number of rotatable bonds is 4. The van der Waals surface area contributed by atoms with E-state index in [0.29, 0.717) is 12.1 Å². The van der Waals surface area contributed by atoms with Crippen LogP contribution in [0.1, 0.15) is 18.1 Å². The predicted molar refractivity (Wildman–Crippen MR) is 81.1 cm³/mol. The van der Waals surface area contributed by atoms with E-state index in [4.69, 9.17) is 4.74 Å². The Morgan fingerprint density at radius 3 is 2.44 bits per heavy atom. The molecule has 0 unspecified atom stereocenters. The van der Waals surface area contributed by atoms with Crippen LogP contribution in [0, 0.1) is 0 Å². The maximum atomic E-state index is 12.5. The van der Waals surface area contributed by atoms with Gasteiger partial charge in [0.25, 0.3) is 5.91 Å². The third-order valence-corrected chi connectivity index (χ3v) is 3.41. The molecule has 0 saturated carbocycles. The average Bonchev–Trinajstić information content (AvgIpc) is 2.97. The fraction of sp³-hybridized carbons (Fsp3) is 0.312. The molecule has 9 heteroatoms. The molecule has 1 heterocycles. The van der Waals surface area contributed by atoms with Gasteiger partial charge in [0.1, 0.15) is 0 Å². The first kappa shape index (κ1) is 18.5. The molecule has 1 atom stereocenters. The lowest BCUT2D eigenvalue weighted by atomic mass is 10.1. The van der Waals surface area contributed by atoms with Gasteiger partial charge in [0, 0.05) is 19.2 Å². The molecule has 0 aliphatic carbocycles. The zero-order valence-electron chi connectivity index (χ0n) is 13.2. The molecule has 1 aliphatic heterocycles. The lowest BCUT2D eigenvalue weighted by Gasteiger charge is -2.17. The molecule has 0 radical (unpaired) electrons. The fourth-order valence-corrected chi connectivity index (χ4v) is 2.11. The van der Waals surface area contributed by atoms with Gasteiger partial charge in [-0.2, -0.15) is 13.2 Å². The van der Waals surface area contributed by atoms with Gasteiger partial charge in [-0.15, -0.1) is 0 Å². The van der Waals surface area contributed by atoms with Crippen LogP contribution in [0.2, 0.25) is 0 Å². The van der Waals surface area contributed by atoms with Gasteiger partial charge >= 0.3 is 18.2 Å². The summed E-state index contributed by atoms with van der Waals surface area (Å²) in [6.45, 7) is 1.86. The predicted octanol–water partition coefficient (Wildman–Crippen LogP) is 2.20. The summed E-state index contributed by atoms with van der Waals surface area (Å²) in [6, 6.07) is 3.64. The lowest BCUT2D eigenvalue weighted by molar-refractivity contribution is -0.153. The van der Waals surface area contributed by atoms with Crippen LogP contribution in [0.15, 0.2) is 30.3 Å². The molecule has 1 aromatic rings. The molecule has 1 aromatic carbocycles. The molecule has 1 saturated heterocycles. The second-order valence-electron chi connectivity index (χ2n) is 5.25. The van der Waals surface area contributed by atoms with Crippen LogP contribution in [0.3, 0.4) is 0 Å². The topological polar surface area (TPSA) is 75.7 Å². The maximum Gasteiger partial charge on any atom is 0.416 e. The van der Waals surface area contributed by atoms with Gasteiger partial charge in [-0.3, -0.25) is 9.69 Å². The first-order valence-corrected chi connectivity index (χ1v) is 7.33. The minimum atomic E-state index is -4.43. The zero-order valence-corrected chi connectivity index (χ0v) is 13.2. The number of carbonyl (C=O) groups excluding carboxylic acids is 3. The number of esters is 1. The smallest absolute Gasteiger partial charge is 0.416 e. The molecule has 1 aliphatic rings. The number of benzene rings is 1. The van der Waals surface area contributed by atoms with Gasteiger partial charge in [0.2, 0.25) is 0 Å². The van der Waals surface area contributed by atoms with Crippen molar-refractivity contribution < 1.29 is 32.3 Å². The Hall–Kier alpha value is -2.84. The number of carbonyl (C=O) groups is 3. The number of hydrogen-bond donors (Lipinski definition) is 1. The summed E-state index contributed by atoms with van der Waals surface area (Å²) in [5.41, 5.74) is -0.432. The molecule has 25 heavy (non-hydrogen) atoms. The van der Waals surface area contributed by atoms with E-state index in [0.717, 1.165) is 23.1 Å². The molecule has 0 spiro atoms. The standard InChI is InChI=1S/C16H15F3N2O4/c1-10(14(23)21-9-8-20-15(21)24)25-13(22)7-4-11-2-5-12(6-3-11)16(17,18)19/h2-7,10H,8-9H2,1H3,(H,20,24)/b7-4+/t10-/m1/s1. The average molecular weight is 356 g/mol. The van der Waals surface area contributed by atoms with E-state index in [2.05, 4.69) is 5.32 Å². The van der Waals surface area contributed by atoms with E-state index in [9.17, 15) is 27.6 Å². The van der Waals surface area contributed by atoms with Crippen LogP contribution < -0.4 is 5.32 Å². The van der Waals surface area contributed by atoms with Crippen molar-refractivity contribution >= 4 is 24.0 Å². The van der Waals surface area contributed by atoms with E-state index < -0.39 is 35.8 Å². The highest BCUT2D eigenvalue weighted by atomic mass is 19.4. The van der Waals surface area contributed by atoms with Crippen molar-refractivity contribution in [2.75, 3.05) is 13.1 Å². The second kappa shape index (κ2) is 7.37. The molecule has 2 rings (SSSR count). The van der Waals surface area contributed by atoms with Gasteiger partial charge in [-0.05, 0) is 30.7 Å². The number of alkyl halides is 3. The Morgan fingerprint density at radius 2 is 1.92 bits per heavy atom. The van der Waals surface area contributed by atoms with Crippen LogP contribution in [-0.4, -0.2) is 42.0 Å². The highest BCUT2D eigenvalue weighted by molar-refractivity contribution is 5.99. The Kier molecular flexibility index (Phi) is 5.45. The number of amides is 3. The van der Waals surface area contributed by atoms with Crippen LogP contribution >= 0.6 is 0 Å². The number of halogens is 3. The van der Waals surface area contributed by atoms with Crippen molar-refractivity contribution in [3.8, 4) is 0 Å². The van der Waals surface area contributed by atoms with Gasteiger partial charge in [-0.25, -0.2) is 9.59 Å². The number of ether oxygens (including phenoxy) is 1. The van der Waals surface area contributed by atoms with Crippen LogP contribution in [0.5, 0.6) is 0 Å². The summed E-state index contributed by atoms with van der Waals surface area (Å²) in [7, 11) is 0. The molecule has 3 amide bonds. The van der Waals surface area contributed by atoms with Crippen molar-refractivity contribution in [1.82, 2.24) is 10.2 Å². The third-order valence-electron chi connectivity index (χ3n) is 3.41. The third kappa shape index (κ3) is 4.82. The van der Waals surface area contributed by atoms with E-state index in [-0.39, 0.29) is 6.54 Å². The van der Waals surface area contributed by atoms with Gasteiger partial charge in [0.15, 0.2) is 6.10 Å². The highest BCUT2D eigenvalue weighted by Crippen LogP contribution is 2.29. The van der Waals surface area contributed by atoms with Crippen LogP contribution in [-0.2, 0) is 20.5 Å². The van der Waals surface area contributed by atoms with E-state index in [1.54, 1.807) is 0 Å². The molecule has 1 N–H and O–H groups in total.